The van der Waals surface area contributed by atoms with E-state index in [2.05, 4.69) is 31.9 Å². The summed E-state index contributed by atoms with van der Waals surface area (Å²) in [4.78, 5) is 0. The number of benzene rings is 2. The van der Waals surface area contributed by atoms with Gasteiger partial charge in [-0.1, -0.05) is 24.3 Å². The van der Waals surface area contributed by atoms with Crippen molar-refractivity contribution in [3.05, 3.63) is 57.5 Å². The van der Waals surface area contributed by atoms with Gasteiger partial charge in [-0.05, 0) is 56.1 Å². The molecule has 2 rings (SSSR count). The Morgan fingerprint density at radius 2 is 1.12 bits per heavy atom. The van der Waals surface area contributed by atoms with E-state index in [9.17, 15) is 0 Å². The van der Waals surface area contributed by atoms with Gasteiger partial charge in [-0.3, -0.25) is 0 Å². The first kappa shape index (κ1) is 12.5. The molecule has 2 nitrogen and oxygen atoms in total. The molecule has 0 unspecified atom stereocenters. The molecule has 0 saturated heterocycles. The quantitative estimate of drug-likeness (QED) is 0.773. The molecule has 86 valence electrons. The molecule has 0 N–H and O–H groups in total. The van der Waals surface area contributed by atoms with Gasteiger partial charge in [0.15, 0.2) is 0 Å². The Balaban J connectivity index is 1.93. The lowest BCUT2D eigenvalue weighted by Gasteiger charge is -2.09. The minimum atomic E-state index is 0.172. The summed E-state index contributed by atoms with van der Waals surface area (Å²) in [6, 6.07) is 15.3. The molecule has 2 aromatic carbocycles. The molecule has 0 bridgehead atoms. The largest absolute Gasteiger partial charge is 0.576 e. The van der Waals surface area contributed by atoms with Gasteiger partial charge in [-0.2, -0.15) is 0 Å². The summed E-state index contributed by atoms with van der Waals surface area (Å²) in [7, 11) is 0.172. The van der Waals surface area contributed by atoms with Gasteiger partial charge in [0.05, 0.1) is 8.95 Å². The fourth-order valence-electron chi connectivity index (χ4n) is 1.28. The van der Waals surface area contributed by atoms with Crippen molar-refractivity contribution in [1.29, 1.82) is 0 Å². The first-order chi connectivity index (χ1) is 8.27. The van der Waals surface area contributed by atoms with Gasteiger partial charge in [-0.15, -0.1) is 0 Å². The van der Waals surface area contributed by atoms with Crippen LogP contribution in [-0.2, 0) is 0 Å². The van der Waals surface area contributed by atoms with Crippen LogP contribution in [0.1, 0.15) is 0 Å². The van der Waals surface area contributed by atoms with Crippen LogP contribution in [0.4, 0.5) is 0 Å². The van der Waals surface area contributed by atoms with E-state index in [-0.39, 0.29) is 7.69 Å². The predicted octanol–water partition coefficient (Wildman–Crippen LogP) is 3.94. The SMILES string of the molecule is Brc1ccccc1OBOc1ccccc1Br. The Hall–Kier alpha value is -0.935. The molecule has 0 fully saturated rings. The van der Waals surface area contributed by atoms with Crippen molar-refractivity contribution in [3.8, 4) is 11.5 Å². The van der Waals surface area contributed by atoms with Gasteiger partial charge in [0.1, 0.15) is 11.5 Å². The Labute approximate surface area is 118 Å². The Morgan fingerprint density at radius 3 is 1.53 bits per heavy atom. The third-order valence-corrected chi connectivity index (χ3v) is 3.41. The van der Waals surface area contributed by atoms with E-state index in [1.54, 1.807) is 0 Å². The molecule has 0 aliphatic carbocycles. The van der Waals surface area contributed by atoms with Gasteiger partial charge < -0.3 is 9.31 Å². The smallest absolute Gasteiger partial charge is 0.528 e. The highest BCUT2D eigenvalue weighted by Gasteiger charge is 2.04. The van der Waals surface area contributed by atoms with Crippen LogP contribution in [0.15, 0.2) is 57.5 Å². The summed E-state index contributed by atoms with van der Waals surface area (Å²) in [5.41, 5.74) is 0. The highest BCUT2D eigenvalue weighted by atomic mass is 79.9. The average molecular weight is 356 g/mol. The summed E-state index contributed by atoms with van der Waals surface area (Å²) in [5.74, 6) is 1.53. The average Bonchev–Trinajstić information content (AvgIpc) is 2.34. The molecule has 0 radical (unpaired) electrons. The standard InChI is InChI=1S/C12H9BBr2O2/c14-9-5-1-3-7-11(9)16-13-17-12-8-4-2-6-10(12)15/h1-8,13H. The Morgan fingerprint density at radius 1 is 0.706 bits per heavy atom. The van der Waals surface area contributed by atoms with E-state index < -0.39 is 0 Å². The van der Waals surface area contributed by atoms with Crippen LogP contribution in [0.5, 0.6) is 11.5 Å². The normalized spacial score (nSPS) is 9.76. The van der Waals surface area contributed by atoms with Crippen LogP contribution in [-0.4, -0.2) is 7.69 Å². The zero-order valence-electron chi connectivity index (χ0n) is 8.90. The second-order valence-electron chi connectivity index (χ2n) is 3.27. The van der Waals surface area contributed by atoms with E-state index in [1.165, 1.54) is 0 Å². The molecule has 0 saturated carbocycles. The van der Waals surface area contributed by atoms with Gasteiger partial charge >= 0.3 is 7.69 Å². The molecule has 2 aromatic rings. The molecule has 0 aromatic heterocycles. The molecule has 0 aliphatic rings. The summed E-state index contributed by atoms with van der Waals surface area (Å²) < 4.78 is 12.8. The topological polar surface area (TPSA) is 18.5 Å². The van der Waals surface area contributed by atoms with E-state index in [4.69, 9.17) is 9.31 Å². The van der Waals surface area contributed by atoms with Gasteiger partial charge in [-0.25, -0.2) is 0 Å². The molecular weight excluding hydrogens is 347 g/mol. The molecule has 0 aliphatic heterocycles. The summed E-state index contributed by atoms with van der Waals surface area (Å²) in [6.45, 7) is 0. The molecule has 0 spiro atoms. The summed E-state index contributed by atoms with van der Waals surface area (Å²) >= 11 is 6.81. The number of para-hydroxylation sites is 2. The zero-order chi connectivity index (χ0) is 12.1. The Kier molecular flexibility index (Phi) is 4.51. The van der Waals surface area contributed by atoms with Crippen molar-refractivity contribution in [2.75, 3.05) is 0 Å². The lowest BCUT2D eigenvalue weighted by molar-refractivity contribution is 0.456. The molecule has 0 amide bonds. The third kappa shape index (κ3) is 3.51. The maximum atomic E-state index is 5.51. The second kappa shape index (κ2) is 6.12. The van der Waals surface area contributed by atoms with Gasteiger partial charge in [0, 0.05) is 0 Å². The highest BCUT2D eigenvalue weighted by Crippen LogP contribution is 2.25. The number of hydrogen-bond acceptors (Lipinski definition) is 2. The lowest BCUT2D eigenvalue weighted by atomic mass is 10.3. The molecule has 0 heterocycles. The molecule has 0 atom stereocenters. The maximum absolute atomic E-state index is 5.51. The first-order valence-electron chi connectivity index (χ1n) is 5.02. The minimum Gasteiger partial charge on any atom is -0.528 e. The van der Waals surface area contributed by atoms with Crippen LogP contribution in [0.3, 0.4) is 0 Å². The van der Waals surface area contributed by atoms with Crippen molar-refractivity contribution >= 4 is 39.5 Å². The summed E-state index contributed by atoms with van der Waals surface area (Å²) in [5, 5.41) is 0. The summed E-state index contributed by atoms with van der Waals surface area (Å²) in [6.07, 6.45) is 0. The number of halogens is 2. The van der Waals surface area contributed by atoms with E-state index in [0.717, 1.165) is 20.4 Å². The fraction of sp³-hybridized carbons (Fsp3) is 0. The third-order valence-electron chi connectivity index (χ3n) is 2.10. The van der Waals surface area contributed by atoms with Crippen molar-refractivity contribution < 1.29 is 9.31 Å². The lowest BCUT2D eigenvalue weighted by Crippen LogP contribution is -2.11. The highest BCUT2D eigenvalue weighted by molar-refractivity contribution is 9.10. The Bertz CT molecular complexity index is 460. The molecular formula is C12H9BBr2O2. The van der Waals surface area contributed by atoms with E-state index in [1.807, 2.05) is 48.5 Å². The van der Waals surface area contributed by atoms with Crippen LogP contribution in [0.25, 0.3) is 0 Å². The van der Waals surface area contributed by atoms with E-state index in [0.29, 0.717) is 0 Å². The van der Waals surface area contributed by atoms with Crippen molar-refractivity contribution in [1.82, 2.24) is 0 Å². The molecule has 17 heavy (non-hydrogen) atoms. The van der Waals surface area contributed by atoms with Crippen molar-refractivity contribution in [3.63, 3.8) is 0 Å². The van der Waals surface area contributed by atoms with Crippen LogP contribution >= 0.6 is 31.9 Å². The zero-order valence-corrected chi connectivity index (χ0v) is 12.1. The monoisotopic (exact) mass is 354 g/mol. The van der Waals surface area contributed by atoms with Gasteiger partial charge in [0.25, 0.3) is 0 Å². The van der Waals surface area contributed by atoms with E-state index >= 15 is 0 Å². The predicted molar refractivity (Wildman–Crippen MR) is 76.7 cm³/mol. The van der Waals surface area contributed by atoms with Crippen LogP contribution in [0.2, 0.25) is 0 Å². The fourth-order valence-corrected chi connectivity index (χ4v) is 2.08. The minimum absolute atomic E-state index is 0.172. The number of rotatable bonds is 4. The number of hydrogen-bond donors (Lipinski definition) is 0. The van der Waals surface area contributed by atoms with Gasteiger partial charge in [0.2, 0.25) is 0 Å². The maximum Gasteiger partial charge on any atom is 0.576 e. The second-order valence-corrected chi connectivity index (χ2v) is 4.98. The first-order valence-corrected chi connectivity index (χ1v) is 6.60. The van der Waals surface area contributed by atoms with Crippen molar-refractivity contribution in [2.45, 2.75) is 0 Å². The van der Waals surface area contributed by atoms with Crippen LogP contribution in [0, 0.1) is 0 Å². The van der Waals surface area contributed by atoms with Crippen LogP contribution < -0.4 is 9.31 Å². The molecule has 5 heteroatoms. The van der Waals surface area contributed by atoms with Crippen molar-refractivity contribution in [2.24, 2.45) is 0 Å².